The first-order valence-corrected chi connectivity index (χ1v) is 27.8. The Morgan fingerprint density at radius 3 is 1.57 bits per heavy atom. The van der Waals surface area contributed by atoms with Gasteiger partial charge in [0.05, 0.1) is 48.4 Å². The Labute approximate surface area is 441 Å². The lowest BCUT2D eigenvalue weighted by atomic mass is 9.84. The zero-order chi connectivity index (χ0) is 52.7. The molecule has 0 unspecified atom stereocenters. The van der Waals surface area contributed by atoms with Gasteiger partial charge in [0.2, 0.25) is 11.8 Å². The summed E-state index contributed by atoms with van der Waals surface area (Å²) in [5.41, 5.74) is 13.2. The SMILES string of the molecule is CCc1ccc(CCc2ccc(C)cc2-c2ccc3[nH]c([C@@H]4C[C@@H]5CCCC[C@@H]5N4C(=O)[C@@H](NC(=O)OC)C(C)C)nc3c2)cc1-c1ccc2[nH]c([C@@H]3C[C@@H]4CCCC[C@@H]4N3C(=O)[C@@H](NC(=O)OC)C(C)C)nc2c1. The molecule has 4 N–H and O–H groups in total. The molecule has 0 bridgehead atoms. The van der Waals surface area contributed by atoms with Crippen molar-refractivity contribution in [3.8, 4) is 22.3 Å². The number of H-pyrrole nitrogens is 2. The summed E-state index contributed by atoms with van der Waals surface area (Å²) in [6.45, 7) is 12.2. The second kappa shape index (κ2) is 21.9. The van der Waals surface area contributed by atoms with Crippen LogP contribution in [-0.2, 0) is 38.3 Å². The number of amides is 4. The summed E-state index contributed by atoms with van der Waals surface area (Å²) in [6, 6.07) is 25.0. The van der Waals surface area contributed by atoms with Gasteiger partial charge in [-0.1, -0.05) is 114 Å². The molecule has 4 amide bonds. The summed E-state index contributed by atoms with van der Waals surface area (Å²) >= 11 is 0. The standard InChI is InChI=1S/C61H76N8O6/c1-9-38-22-19-37(29-45(38)41-25-27-47-49(31-41)65-57(63-47)53-33-43-15-11-13-17-51(43)69(53)59(71)55(35(4)5)67-61(73)75-8)20-23-39-21-18-36(6)28-44(39)40-24-26-46-48(30-40)64-56(62-46)52-32-42-14-10-12-16-50(42)68(52)58(70)54(34(2)3)66-60(72)74-7/h18-19,21-22,24-31,34-35,42-43,50-55H,9-17,20,23,32-33H2,1-8H3,(H,62,64)(H,63,65)(H,66,72)(H,67,73)/t42-,43-,50-,51-,52-,53-,54-,55-/m0/s1. The van der Waals surface area contributed by atoms with Crippen LogP contribution in [0, 0.1) is 30.6 Å². The number of aryl methyl sites for hydroxylation is 4. The molecule has 0 radical (unpaired) electrons. The van der Waals surface area contributed by atoms with Crippen molar-refractivity contribution in [3.05, 3.63) is 107 Å². The third-order valence-corrected chi connectivity index (χ3v) is 17.2. The van der Waals surface area contributed by atoms with Gasteiger partial charge in [0.15, 0.2) is 0 Å². The van der Waals surface area contributed by atoms with Crippen molar-refractivity contribution in [2.45, 2.75) is 161 Å². The number of methoxy groups -OCH3 is 2. The maximum Gasteiger partial charge on any atom is 0.407 e. The van der Waals surface area contributed by atoms with Gasteiger partial charge in [0.1, 0.15) is 23.7 Å². The molecular formula is C61H76N8O6. The largest absolute Gasteiger partial charge is 0.453 e. The van der Waals surface area contributed by atoms with Crippen LogP contribution < -0.4 is 10.6 Å². The van der Waals surface area contributed by atoms with E-state index in [9.17, 15) is 19.2 Å². The highest BCUT2D eigenvalue weighted by Gasteiger charge is 2.50. The number of alkyl carbamates (subject to hydrolysis) is 2. The third kappa shape index (κ3) is 10.4. The minimum Gasteiger partial charge on any atom is -0.453 e. The molecule has 2 aromatic heterocycles. The number of likely N-dealkylation sites (tertiary alicyclic amines) is 2. The van der Waals surface area contributed by atoms with Gasteiger partial charge in [-0.05, 0) is 152 Å². The number of hydrogen-bond acceptors (Lipinski definition) is 8. The normalized spacial score (nSPS) is 22.3. The third-order valence-electron chi connectivity index (χ3n) is 17.2. The highest BCUT2D eigenvalue weighted by atomic mass is 16.5. The number of aromatic amines is 2. The van der Waals surface area contributed by atoms with Crippen molar-refractivity contribution in [1.82, 2.24) is 40.4 Å². The Hall–Kier alpha value is -6.70. The molecule has 8 atom stereocenters. The summed E-state index contributed by atoms with van der Waals surface area (Å²) in [6.07, 6.45) is 11.6. The number of carbonyl (C=O) groups is 4. The number of nitrogens with zero attached hydrogens (tertiary/aromatic N) is 4. The Bertz CT molecular complexity index is 3080. The number of benzene rings is 4. The second-order valence-corrected chi connectivity index (χ2v) is 22.6. The van der Waals surface area contributed by atoms with E-state index in [1.54, 1.807) is 0 Å². The molecule has 10 rings (SSSR count). The Morgan fingerprint density at radius 1 is 0.613 bits per heavy atom. The quantitative estimate of drug-likeness (QED) is 0.0834. The van der Waals surface area contributed by atoms with Gasteiger partial charge in [0, 0.05) is 12.1 Å². The molecule has 396 valence electrons. The molecule has 4 aromatic carbocycles. The van der Waals surface area contributed by atoms with Crippen molar-refractivity contribution in [3.63, 3.8) is 0 Å². The van der Waals surface area contributed by atoms with Crippen LogP contribution in [0.4, 0.5) is 9.59 Å². The number of ether oxygens (including phenoxy) is 2. The van der Waals surface area contributed by atoms with E-state index in [1.807, 2.05) is 37.5 Å². The van der Waals surface area contributed by atoms with Gasteiger partial charge in [-0.3, -0.25) is 9.59 Å². The minimum absolute atomic E-state index is 0.0710. The molecule has 6 aromatic rings. The summed E-state index contributed by atoms with van der Waals surface area (Å²) in [7, 11) is 2.66. The highest BCUT2D eigenvalue weighted by Crippen LogP contribution is 2.48. The molecule has 2 saturated carbocycles. The van der Waals surface area contributed by atoms with E-state index >= 15 is 0 Å². The van der Waals surface area contributed by atoms with E-state index in [0.717, 1.165) is 128 Å². The van der Waals surface area contributed by atoms with Gasteiger partial charge < -0.3 is 39.9 Å². The maximum atomic E-state index is 14.5. The summed E-state index contributed by atoms with van der Waals surface area (Å²) in [5, 5.41) is 5.67. The zero-order valence-corrected chi connectivity index (χ0v) is 45.1. The smallest absolute Gasteiger partial charge is 0.407 e. The zero-order valence-electron chi connectivity index (χ0n) is 45.1. The maximum absolute atomic E-state index is 14.5. The van der Waals surface area contributed by atoms with Gasteiger partial charge in [-0.25, -0.2) is 19.6 Å². The first-order chi connectivity index (χ1) is 36.2. The fourth-order valence-corrected chi connectivity index (χ4v) is 13.3. The van der Waals surface area contributed by atoms with Crippen molar-refractivity contribution in [2.75, 3.05) is 14.2 Å². The fraction of sp³-hybridized carbons (Fsp3) is 0.508. The highest BCUT2D eigenvalue weighted by molar-refractivity contribution is 5.89. The lowest BCUT2D eigenvalue weighted by molar-refractivity contribution is -0.139. The predicted molar refractivity (Wildman–Crippen MR) is 293 cm³/mol. The molecule has 4 aliphatic rings. The van der Waals surface area contributed by atoms with Crippen LogP contribution >= 0.6 is 0 Å². The summed E-state index contributed by atoms with van der Waals surface area (Å²) in [4.78, 5) is 75.6. The molecule has 0 spiro atoms. The Balaban J connectivity index is 0.894. The fourth-order valence-electron chi connectivity index (χ4n) is 13.3. The Morgan fingerprint density at radius 2 is 1.09 bits per heavy atom. The van der Waals surface area contributed by atoms with Crippen LogP contribution in [0.2, 0.25) is 0 Å². The van der Waals surface area contributed by atoms with Crippen LogP contribution in [0.5, 0.6) is 0 Å². The van der Waals surface area contributed by atoms with E-state index in [4.69, 9.17) is 19.4 Å². The van der Waals surface area contributed by atoms with Crippen molar-refractivity contribution in [1.29, 1.82) is 0 Å². The van der Waals surface area contributed by atoms with Gasteiger partial charge >= 0.3 is 12.2 Å². The minimum atomic E-state index is -0.699. The van der Waals surface area contributed by atoms with E-state index in [0.29, 0.717) is 11.8 Å². The van der Waals surface area contributed by atoms with Crippen LogP contribution in [0.25, 0.3) is 44.3 Å². The average Bonchev–Trinajstić information content (AvgIpc) is 4.23. The molecule has 14 heteroatoms. The number of rotatable bonds is 14. The molecule has 75 heavy (non-hydrogen) atoms. The number of nitrogens with one attached hydrogen (secondary N) is 4. The van der Waals surface area contributed by atoms with Gasteiger partial charge in [-0.15, -0.1) is 0 Å². The van der Waals surface area contributed by atoms with E-state index in [-0.39, 0.29) is 47.8 Å². The topological polar surface area (TPSA) is 175 Å². The first kappa shape index (κ1) is 51.8. The second-order valence-electron chi connectivity index (χ2n) is 22.6. The van der Waals surface area contributed by atoms with Gasteiger partial charge in [-0.2, -0.15) is 0 Å². The van der Waals surface area contributed by atoms with Crippen molar-refractivity contribution >= 4 is 46.1 Å². The molecular weight excluding hydrogens is 941 g/mol. The van der Waals surface area contributed by atoms with Crippen LogP contribution in [-0.4, -0.2) is 92.1 Å². The van der Waals surface area contributed by atoms with Crippen LogP contribution in [0.1, 0.15) is 145 Å². The van der Waals surface area contributed by atoms with E-state index < -0.39 is 24.3 Å². The molecule has 2 saturated heterocycles. The van der Waals surface area contributed by atoms with E-state index in [1.165, 1.54) is 47.6 Å². The van der Waals surface area contributed by atoms with Gasteiger partial charge in [0.25, 0.3) is 0 Å². The summed E-state index contributed by atoms with van der Waals surface area (Å²) in [5.74, 6) is 2.00. The molecule has 14 nitrogen and oxygen atoms in total. The number of aromatic nitrogens is 4. The molecule has 4 fully saturated rings. The van der Waals surface area contributed by atoms with Crippen LogP contribution in [0.3, 0.4) is 0 Å². The lowest BCUT2D eigenvalue weighted by Crippen LogP contribution is -2.53. The molecule has 4 heterocycles. The predicted octanol–water partition coefficient (Wildman–Crippen LogP) is 11.9. The monoisotopic (exact) mass is 1020 g/mol. The summed E-state index contributed by atoms with van der Waals surface area (Å²) < 4.78 is 9.86. The number of hydrogen-bond donors (Lipinski definition) is 4. The Kier molecular flexibility index (Phi) is 15.1. The average molecular weight is 1020 g/mol. The van der Waals surface area contributed by atoms with Crippen LogP contribution in [0.15, 0.2) is 72.8 Å². The lowest BCUT2D eigenvalue weighted by Gasteiger charge is -2.36. The molecule has 2 aliphatic heterocycles. The van der Waals surface area contributed by atoms with E-state index in [2.05, 4.69) is 107 Å². The van der Waals surface area contributed by atoms with Crippen molar-refractivity contribution in [2.24, 2.45) is 23.7 Å². The van der Waals surface area contributed by atoms with Crippen molar-refractivity contribution < 1.29 is 28.7 Å². The number of imidazole rings is 2. The number of fused-ring (bicyclic) bond motifs is 4. The molecule has 2 aliphatic carbocycles. The number of carbonyl (C=O) groups excluding carboxylic acids is 4. The first-order valence-electron chi connectivity index (χ1n) is 27.8.